The predicted molar refractivity (Wildman–Crippen MR) is 111 cm³/mol. The third-order valence-corrected chi connectivity index (χ3v) is 5.65. The number of rotatable bonds is 7. The highest BCUT2D eigenvalue weighted by Gasteiger charge is 2.47. The fourth-order valence-electron chi connectivity index (χ4n) is 3.65. The van der Waals surface area contributed by atoms with E-state index in [4.69, 9.17) is 16.0 Å². The van der Waals surface area contributed by atoms with Gasteiger partial charge in [-0.15, -0.1) is 0 Å². The van der Waals surface area contributed by atoms with Crippen molar-refractivity contribution in [2.24, 2.45) is 0 Å². The Morgan fingerprint density at radius 1 is 1.14 bits per heavy atom. The number of aliphatic hydroxyl groups is 1. The summed E-state index contributed by atoms with van der Waals surface area (Å²) >= 11 is 5.93. The van der Waals surface area contributed by atoms with E-state index in [0.29, 0.717) is 35.2 Å². The second-order valence-corrected chi connectivity index (χ2v) is 7.59. The number of Topliss-reactive ketones (excluding diaryl/α,β-unsaturated/α-hetero) is 1. The third kappa shape index (κ3) is 4.23. The molecule has 1 aromatic carbocycles. The molecule has 7 heteroatoms. The van der Waals surface area contributed by atoms with Crippen LogP contribution in [0.5, 0.6) is 0 Å². The van der Waals surface area contributed by atoms with Gasteiger partial charge in [-0.05, 0) is 57.2 Å². The first-order valence-corrected chi connectivity index (χ1v) is 10.2. The Morgan fingerprint density at radius 3 is 2.34 bits per heavy atom. The van der Waals surface area contributed by atoms with Crippen molar-refractivity contribution in [3.8, 4) is 0 Å². The van der Waals surface area contributed by atoms with Crippen molar-refractivity contribution < 1.29 is 24.0 Å². The molecule has 0 spiro atoms. The van der Waals surface area contributed by atoms with Crippen LogP contribution in [0.4, 0.5) is 0 Å². The number of nitrogens with one attached hydrogen (secondary N) is 1. The van der Waals surface area contributed by atoms with Crippen LogP contribution in [0.25, 0.3) is 5.76 Å². The second-order valence-electron chi connectivity index (χ2n) is 7.15. The molecule has 1 saturated heterocycles. The molecule has 2 aromatic rings. The van der Waals surface area contributed by atoms with Crippen molar-refractivity contribution in [1.82, 2.24) is 4.90 Å². The van der Waals surface area contributed by atoms with Gasteiger partial charge in [0.05, 0.1) is 31.8 Å². The quantitative estimate of drug-likeness (QED) is 0.412. The fourth-order valence-corrected chi connectivity index (χ4v) is 3.78. The molecule has 1 aliphatic rings. The Hall–Kier alpha value is -2.57. The molecule has 1 fully saturated rings. The summed E-state index contributed by atoms with van der Waals surface area (Å²) in [6.45, 7) is 8.92. The number of aliphatic hydroxyl groups excluding tert-OH is 1. The minimum absolute atomic E-state index is 0.0428. The van der Waals surface area contributed by atoms with E-state index in [9.17, 15) is 14.7 Å². The lowest BCUT2D eigenvalue weighted by atomic mass is 9.99. The maximum Gasteiger partial charge on any atom is 0.295 e. The Bertz CT molecular complexity index is 929. The molecule has 0 saturated carbocycles. The molecule has 0 bridgehead atoms. The summed E-state index contributed by atoms with van der Waals surface area (Å²) in [7, 11) is 0. The Balaban J connectivity index is 2.06. The smallest absolute Gasteiger partial charge is 0.295 e. The highest BCUT2D eigenvalue weighted by atomic mass is 35.5. The van der Waals surface area contributed by atoms with Crippen LogP contribution in [-0.4, -0.2) is 47.9 Å². The Morgan fingerprint density at radius 2 is 1.79 bits per heavy atom. The standard InChI is InChI=1S/C22H25ClN2O4/c1-4-24(5-2)12-13-25-19(17-11-6-14(3)29-17)18(21(27)22(25)28)20(26)15-7-9-16(23)10-8-15/h6-11,19,26H,4-5,12-13H2,1-3H3/p+1/t19-/m1/s1. The fraction of sp³-hybridized carbons (Fsp3) is 0.364. The average Bonchev–Trinajstić information content (AvgIpc) is 3.24. The van der Waals surface area contributed by atoms with Crippen molar-refractivity contribution in [1.29, 1.82) is 0 Å². The lowest BCUT2D eigenvalue weighted by Gasteiger charge is -2.25. The first-order valence-electron chi connectivity index (χ1n) is 9.81. The topological polar surface area (TPSA) is 75.2 Å². The maximum atomic E-state index is 12.9. The van der Waals surface area contributed by atoms with Gasteiger partial charge in [0.2, 0.25) is 0 Å². The first kappa shape index (κ1) is 21.1. The minimum atomic E-state index is -0.755. The number of likely N-dealkylation sites (tertiary alicyclic amines) is 1. The van der Waals surface area contributed by atoms with Crippen LogP contribution in [0, 0.1) is 6.92 Å². The molecule has 6 nitrogen and oxygen atoms in total. The van der Waals surface area contributed by atoms with Crippen LogP contribution in [0.1, 0.15) is 37.0 Å². The van der Waals surface area contributed by atoms with Gasteiger partial charge in [-0.2, -0.15) is 0 Å². The monoisotopic (exact) mass is 417 g/mol. The summed E-state index contributed by atoms with van der Waals surface area (Å²) in [6.07, 6.45) is 0. The zero-order valence-electron chi connectivity index (χ0n) is 16.9. The number of halogens is 1. The molecule has 2 heterocycles. The molecule has 154 valence electrons. The van der Waals surface area contributed by atoms with Crippen LogP contribution in [0.15, 0.2) is 46.4 Å². The number of carbonyl (C=O) groups excluding carboxylic acids is 2. The molecule has 0 radical (unpaired) electrons. The molecule has 29 heavy (non-hydrogen) atoms. The van der Waals surface area contributed by atoms with Gasteiger partial charge in [-0.1, -0.05) is 11.6 Å². The highest BCUT2D eigenvalue weighted by molar-refractivity contribution is 6.46. The second kappa shape index (κ2) is 8.84. The number of nitrogens with zero attached hydrogens (tertiary/aromatic N) is 1. The zero-order valence-corrected chi connectivity index (χ0v) is 17.6. The first-order chi connectivity index (χ1) is 13.9. The van der Waals surface area contributed by atoms with Crippen molar-refractivity contribution in [2.45, 2.75) is 26.8 Å². The van der Waals surface area contributed by atoms with E-state index in [1.165, 1.54) is 9.80 Å². The molecule has 1 aromatic heterocycles. The van der Waals surface area contributed by atoms with Crippen LogP contribution >= 0.6 is 11.6 Å². The highest BCUT2D eigenvalue weighted by Crippen LogP contribution is 2.39. The lowest BCUT2D eigenvalue weighted by Crippen LogP contribution is -3.12. The van der Waals surface area contributed by atoms with Crippen LogP contribution < -0.4 is 4.90 Å². The van der Waals surface area contributed by atoms with Gasteiger partial charge < -0.3 is 19.3 Å². The number of benzene rings is 1. The summed E-state index contributed by atoms with van der Waals surface area (Å²) in [5.41, 5.74) is 0.469. The van der Waals surface area contributed by atoms with Gasteiger partial charge in [0, 0.05) is 10.6 Å². The maximum absolute atomic E-state index is 12.9. The van der Waals surface area contributed by atoms with Crippen LogP contribution in [-0.2, 0) is 9.59 Å². The van der Waals surface area contributed by atoms with Gasteiger partial charge in [0.15, 0.2) is 0 Å². The molecule has 0 aliphatic carbocycles. The summed E-state index contributed by atoms with van der Waals surface area (Å²) < 4.78 is 5.77. The van der Waals surface area contributed by atoms with Crippen molar-refractivity contribution in [2.75, 3.05) is 26.2 Å². The van der Waals surface area contributed by atoms with Gasteiger partial charge in [-0.3, -0.25) is 9.59 Å². The van der Waals surface area contributed by atoms with E-state index in [1.54, 1.807) is 43.3 Å². The number of furan rings is 1. The van der Waals surface area contributed by atoms with E-state index < -0.39 is 17.7 Å². The van der Waals surface area contributed by atoms with E-state index in [1.807, 2.05) is 0 Å². The normalized spacial score (nSPS) is 18.8. The zero-order chi connectivity index (χ0) is 21.1. The van der Waals surface area contributed by atoms with Crippen molar-refractivity contribution >= 4 is 29.1 Å². The predicted octanol–water partition coefficient (Wildman–Crippen LogP) is 2.59. The largest absolute Gasteiger partial charge is 0.507 e. The summed E-state index contributed by atoms with van der Waals surface area (Å²) in [5.74, 6) is -0.410. The Kier molecular flexibility index (Phi) is 6.45. The molecule has 0 unspecified atom stereocenters. The number of ketones is 1. The lowest BCUT2D eigenvalue weighted by molar-refractivity contribution is -0.895. The number of likely N-dealkylation sites (N-methyl/N-ethyl adjacent to an activating group) is 1. The van der Waals surface area contributed by atoms with Gasteiger partial charge in [-0.25, -0.2) is 0 Å². The summed E-state index contributed by atoms with van der Waals surface area (Å²) in [5, 5.41) is 11.4. The molecule has 3 rings (SSSR count). The SMILES string of the molecule is CC[NH+](CC)CCN1C(=O)C(=O)C(=C(O)c2ccc(Cl)cc2)[C@H]1c1ccc(C)o1. The summed E-state index contributed by atoms with van der Waals surface area (Å²) in [6, 6.07) is 9.27. The number of hydrogen-bond acceptors (Lipinski definition) is 4. The molecule has 1 amide bonds. The molecule has 1 aliphatic heterocycles. The van der Waals surface area contributed by atoms with Crippen molar-refractivity contribution in [3.63, 3.8) is 0 Å². The van der Waals surface area contributed by atoms with Crippen LogP contribution in [0.3, 0.4) is 0 Å². The number of amides is 1. The van der Waals surface area contributed by atoms with Gasteiger partial charge >= 0.3 is 0 Å². The summed E-state index contributed by atoms with van der Waals surface area (Å²) in [4.78, 5) is 28.6. The van der Waals surface area contributed by atoms with Crippen LogP contribution in [0.2, 0.25) is 5.02 Å². The molecule has 2 N–H and O–H groups in total. The number of quaternary nitrogens is 1. The van der Waals surface area contributed by atoms with E-state index in [-0.39, 0.29) is 11.3 Å². The number of hydrogen-bond donors (Lipinski definition) is 2. The van der Waals surface area contributed by atoms with E-state index in [0.717, 1.165) is 13.1 Å². The van der Waals surface area contributed by atoms with Crippen molar-refractivity contribution in [3.05, 3.63) is 64.1 Å². The van der Waals surface area contributed by atoms with E-state index in [2.05, 4.69) is 13.8 Å². The number of carbonyl (C=O) groups is 2. The third-order valence-electron chi connectivity index (χ3n) is 5.39. The Labute approximate surface area is 175 Å². The number of aryl methyl sites for hydroxylation is 1. The minimum Gasteiger partial charge on any atom is -0.507 e. The molecular weight excluding hydrogens is 392 g/mol. The van der Waals surface area contributed by atoms with E-state index >= 15 is 0 Å². The van der Waals surface area contributed by atoms with Gasteiger partial charge in [0.25, 0.3) is 11.7 Å². The molecular formula is C22H26ClN2O4+. The van der Waals surface area contributed by atoms with Gasteiger partial charge in [0.1, 0.15) is 23.3 Å². The average molecular weight is 418 g/mol. The molecule has 1 atom stereocenters.